The van der Waals surface area contributed by atoms with Crippen LogP contribution in [0.1, 0.15) is 50.1 Å². The van der Waals surface area contributed by atoms with Crippen LogP contribution in [0.15, 0.2) is 12.3 Å². The standard InChI is InChI=1S/C14H25N3O2/c1-4-11(5-6-18)8-16-14(19)13-7-12(15)9-17(13)10(2)3/h7,9-11,18H,4-6,8,15H2,1-3H3,(H,16,19). The normalized spacial score (nSPS) is 12.7. The molecule has 0 aliphatic heterocycles. The van der Waals surface area contributed by atoms with Gasteiger partial charge in [-0.3, -0.25) is 4.79 Å². The van der Waals surface area contributed by atoms with Gasteiger partial charge in [0.05, 0.1) is 5.69 Å². The molecule has 4 N–H and O–H groups in total. The second kappa shape index (κ2) is 7.19. The lowest BCUT2D eigenvalue weighted by Gasteiger charge is -2.16. The van der Waals surface area contributed by atoms with Crippen molar-refractivity contribution in [1.82, 2.24) is 9.88 Å². The number of aliphatic hydroxyl groups excluding tert-OH is 1. The summed E-state index contributed by atoms with van der Waals surface area (Å²) in [6, 6.07) is 1.89. The van der Waals surface area contributed by atoms with Gasteiger partial charge < -0.3 is 20.7 Å². The number of aliphatic hydroxyl groups is 1. The van der Waals surface area contributed by atoms with Crippen molar-refractivity contribution in [3.63, 3.8) is 0 Å². The minimum atomic E-state index is -0.109. The summed E-state index contributed by atoms with van der Waals surface area (Å²) in [7, 11) is 0. The smallest absolute Gasteiger partial charge is 0.268 e. The van der Waals surface area contributed by atoms with Gasteiger partial charge in [0.1, 0.15) is 5.69 Å². The second-order valence-electron chi connectivity index (χ2n) is 5.16. The Kier molecular flexibility index (Phi) is 5.89. The van der Waals surface area contributed by atoms with Crippen molar-refractivity contribution < 1.29 is 9.90 Å². The molecule has 1 amide bonds. The Morgan fingerprint density at radius 1 is 1.53 bits per heavy atom. The first kappa shape index (κ1) is 15.6. The van der Waals surface area contributed by atoms with Crippen molar-refractivity contribution in [2.45, 2.75) is 39.7 Å². The predicted molar refractivity (Wildman–Crippen MR) is 77.0 cm³/mol. The maximum absolute atomic E-state index is 12.2. The van der Waals surface area contributed by atoms with Gasteiger partial charge in [-0.05, 0) is 32.3 Å². The molecule has 5 nitrogen and oxygen atoms in total. The van der Waals surface area contributed by atoms with E-state index < -0.39 is 0 Å². The number of aromatic nitrogens is 1. The number of nitrogen functional groups attached to an aromatic ring is 1. The Hall–Kier alpha value is -1.49. The molecular formula is C14H25N3O2. The van der Waals surface area contributed by atoms with E-state index in [0.29, 0.717) is 30.3 Å². The molecule has 0 aliphatic carbocycles. The summed E-state index contributed by atoms with van der Waals surface area (Å²) in [6.45, 7) is 6.82. The van der Waals surface area contributed by atoms with E-state index in [4.69, 9.17) is 10.8 Å². The quantitative estimate of drug-likeness (QED) is 0.704. The van der Waals surface area contributed by atoms with Crippen molar-refractivity contribution in [3.05, 3.63) is 18.0 Å². The molecule has 0 aromatic carbocycles. The lowest BCUT2D eigenvalue weighted by molar-refractivity contribution is 0.0933. The van der Waals surface area contributed by atoms with Crippen LogP contribution >= 0.6 is 0 Å². The SMILES string of the molecule is CCC(CCO)CNC(=O)c1cc(N)cn1C(C)C. The molecule has 1 atom stereocenters. The molecule has 1 rings (SSSR count). The summed E-state index contributed by atoms with van der Waals surface area (Å²) in [5.41, 5.74) is 6.94. The van der Waals surface area contributed by atoms with Crippen LogP contribution in [0.2, 0.25) is 0 Å². The fourth-order valence-corrected chi connectivity index (χ4v) is 2.07. The van der Waals surface area contributed by atoms with Crippen molar-refractivity contribution in [2.75, 3.05) is 18.9 Å². The Balaban J connectivity index is 2.67. The van der Waals surface area contributed by atoms with Crippen LogP contribution in [-0.4, -0.2) is 28.7 Å². The van der Waals surface area contributed by atoms with Crippen LogP contribution in [0, 0.1) is 5.92 Å². The average Bonchev–Trinajstić information content (AvgIpc) is 2.76. The zero-order valence-electron chi connectivity index (χ0n) is 12.0. The molecule has 108 valence electrons. The van der Waals surface area contributed by atoms with Gasteiger partial charge in [-0.15, -0.1) is 0 Å². The summed E-state index contributed by atoms with van der Waals surface area (Å²) in [4.78, 5) is 12.2. The van der Waals surface area contributed by atoms with Crippen molar-refractivity contribution >= 4 is 11.6 Å². The van der Waals surface area contributed by atoms with Crippen LogP contribution in [0.4, 0.5) is 5.69 Å². The van der Waals surface area contributed by atoms with Crippen LogP contribution in [0.3, 0.4) is 0 Å². The fraction of sp³-hybridized carbons (Fsp3) is 0.643. The first-order chi connectivity index (χ1) is 8.99. The average molecular weight is 267 g/mol. The van der Waals surface area contributed by atoms with E-state index in [2.05, 4.69) is 12.2 Å². The molecule has 0 bridgehead atoms. The number of amides is 1. The number of nitrogens with two attached hydrogens (primary N) is 1. The van der Waals surface area contributed by atoms with Gasteiger partial charge in [-0.25, -0.2) is 0 Å². The fourth-order valence-electron chi connectivity index (χ4n) is 2.07. The van der Waals surface area contributed by atoms with Crippen molar-refractivity contribution in [2.24, 2.45) is 5.92 Å². The van der Waals surface area contributed by atoms with Crippen LogP contribution in [0.25, 0.3) is 0 Å². The molecule has 0 spiro atoms. The zero-order chi connectivity index (χ0) is 14.4. The lowest BCUT2D eigenvalue weighted by atomic mass is 10.0. The third kappa shape index (κ3) is 4.28. The molecule has 0 saturated heterocycles. The van der Waals surface area contributed by atoms with Crippen LogP contribution in [-0.2, 0) is 0 Å². The largest absolute Gasteiger partial charge is 0.397 e. The van der Waals surface area contributed by atoms with E-state index in [1.165, 1.54) is 0 Å². The van der Waals surface area contributed by atoms with Crippen molar-refractivity contribution in [1.29, 1.82) is 0 Å². The molecule has 0 aliphatic rings. The van der Waals surface area contributed by atoms with Gasteiger partial charge in [0.15, 0.2) is 0 Å². The van der Waals surface area contributed by atoms with Crippen LogP contribution in [0.5, 0.6) is 0 Å². The predicted octanol–water partition coefficient (Wildman–Crippen LogP) is 1.79. The van der Waals surface area contributed by atoms with Crippen LogP contribution < -0.4 is 11.1 Å². The van der Waals surface area contributed by atoms with Gasteiger partial charge in [-0.1, -0.05) is 13.3 Å². The number of rotatable bonds is 7. The van der Waals surface area contributed by atoms with E-state index in [0.717, 1.165) is 6.42 Å². The first-order valence-corrected chi connectivity index (χ1v) is 6.86. The highest BCUT2D eigenvalue weighted by molar-refractivity contribution is 5.93. The van der Waals surface area contributed by atoms with Gasteiger partial charge in [0, 0.05) is 25.4 Å². The highest BCUT2D eigenvalue weighted by Crippen LogP contribution is 2.16. The zero-order valence-corrected chi connectivity index (χ0v) is 12.0. The maximum Gasteiger partial charge on any atom is 0.268 e. The monoisotopic (exact) mass is 267 g/mol. The third-order valence-corrected chi connectivity index (χ3v) is 3.32. The van der Waals surface area contributed by atoms with Crippen molar-refractivity contribution in [3.8, 4) is 0 Å². The molecule has 1 unspecified atom stereocenters. The molecule has 19 heavy (non-hydrogen) atoms. The van der Waals surface area contributed by atoms with E-state index in [9.17, 15) is 4.79 Å². The minimum absolute atomic E-state index is 0.109. The maximum atomic E-state index is 12.2. The summed E-state index contributed by atoms with van der Waals surface area (Å²) < 4.78 is 1.87. The minimum Gasteiger partial charge on any atom is -0.397 e. The lowest BCUT2D eigenvalue weighted by Crippen LogP contribution is -2.31. The third-order valence-electron chi connectivity index (χ3n) is 3.32. The Morgan fingerprint density at radius 3 is 2.74 bits per heavy atom. The number of carbonyl (C=O) groups excluding carboxylic acids is 1. The molecule has 5 heteroatoms. The van der Waals surface area contributed by atoms with Gasteiger partial charge in [0.2, 0.25) is 0 Å². The summed E-state index contributed by atoms with van der Waals surface area (Å²) in [5.74, 6) is 0.204. The highest BCUT2D eigenvalue weighted by Gasteiger charge is 2.15. The summed E-state index contributed by atoms with van der Waals surface area (Å²) >= 11 is 0. The molecule has 0 saturated carbocycles. The van der Waals surface area contributed by atoms with Gasteiger partial charge >= 0.3 is 0 Å². The molecular weight excluding hydrogens is 242 g/mol. The summed E-state index contributed by atoms with van der Waals surface area (Å²) in [5, 5.41) is 11.9. The van der Waals surface area contributed by atoms with E-state index >= 15 is 0 Å². The first-order valence-electron chi connectivity index (χ1n) is 6.86. The Morgan fingerprint density at radius 2 is 2.21 bits per heavy atom. The number of anilines is 1. The van der Waals surface area contributed by atoms with Gasteiger partial charge in [0.25, 0.3) is 5.91 Å². The number of nitrogens with one attached hydrogen (secondary N) is 1. The number of carbonyl (C=O) groups is 1. The molecule has 0 fully saturated rings. The highest BCUT2D eigenvalue weighted by atomic mass is 16.3. The Bertz CT molecular complexity index is 413. The Labute approximate surface area is 114 Å². The second-order valence-corrected chi connectivity index (χ2v) is 5.16. The number of nitrogens with zero attached hydrogens (tertiary/aromatic N) is 1. The molecule has 0 radical (unpaired) electrons. The van der Waals surface area contributed by atoms with E-state index in [1.54, 1.807) is 12.3 Å². The number of hydrogen-bond donors (Lipinski definition) is 3. The van der Waals surface area contributed by atoms with E-state index in [-0.39, 0.29) is 18.6 Å². The molecule has 1 aromatic rings. The van der Waals surface area contributed by atoms with Gasteiger partial charge in [-0.2, -0.15) is 0 Å². The summed E-state index contributed by atoms with van der Waals surface area (Å²) in [6.07, 6.45) is 3.43. The molecule has 1 aromatic heterocycles. The number of hydrogen-bond acceptors (Lipinski definition) is 3. The topological polar surface area (TPSA) is 80.3 Å². The molecule has 1 heterocycles. The van der Waals surface area contributed by atoms with E-state index in [1.807, 2.05) is 18.4 Å².